The van der Waals surface area contributed by atoms with Crippen molar-refractivity contribution in [3.05, 3.63) is 9.98 Å². The molecule has 0 spiro atoms. The monoisotopic (exact) mass is 305 g/mol. The number of amides is 1. The lowest BCUT2D eigenvalue weighted by molar-refractivity contribution is -0.119. The number of nitrogens with one attached hydrogen (secondary N) is 1. The smallest absolute Gasteiger partial charge is 0.239 e. The van der Waals surface area contributed by atoms with Crippen LogP contribution in [0.2, 0.25) is 0 Å². The van der Waals surface area contributed by atoms with E-state index in [-0.39, 0.29) is 5.91 Å². The van der Waals surface area contributed by atoms with E-state index >= 15 is 0 Å². The van der Waals surface area contributed by atoms with Gasteiger partial charge in [-0.2, -0.15) is 0 Å². The summed E-state index contributed by atoms with van der Waals surface area (Å²) >= 11 is 4.80. The second-order valence-corrected chi connectivity index (χ2v) is 5.66. The molecule has 16 heavy (non-hydrogen) atoms. The average molecular weight is 306 g/mol. The van der Waals surface area contributed by atoms with Gasteiger partial charge in [0.1, 0.15) is 4.60 Å². The van der Waals surface area contributed by atoms with Gasteiger partial charge in [-0.1, -0.05) is 13.8 Å². The summed E-state index contributed by atoms with van der Waals surface area (Å²) in [6, 6.07) is 0. The second-order valence-electron chi connectivity index (χ2n) is 4.01. The minimum Gasteiger partial charge on any atom is -0.354 e. The molecule has 0 saturated heterocycles. The van der Waals surface area contributed by atoms with Gasteiger partial charge in [0.15, 0.2) is 5.13 Å². The second kappa shape index (κ2) is 6.20. The number of anilines is 1. The van der Waals surface area contributed by atoms with Crippen molar-refractivity contribution in [1.82, 2.24) is 10.3 Å². The van der Waals surface area contributed by atoms with Crippen molar-refractivity contribution in [2.45, 2.75) is 13.8 Å². The van der Waals surface area contributed by atoms with Gasteiger partial charge in [-0.05, 0) is 21.8 Å². The molecule has 0 saturated carbocycles. The fourth-order valence-corrected chi connectivity index (χ4v) is 2.29. The van der Waals surface area contributed by atoms with E-state index in [1.807, 2.05) is 17.3 Å². The summed E-state index contributed by atoms with van der Waals surface area (Å²) in [7, 11) is 1.86. The molecule has 1 aromatic heterocycles. The zero-order chi connectivity index (χ0) is 12.1. The number of thiazole rings is 1. The fraction of sp³-hybridized carbons (Fsp3) is 0.600. The summed E-state index contributed by atoms with van der Waals surface area (Å²) < 4.78 is 0.807. The Morgan fingerprint density at radius 3 is 2.88 bits per heavy atom. The number of carbonyl (C=O) groups excluding carboxylic acids is 1. The molecule has 0 aliphatic carbocycles. The Balaban J connectivity index is 2.39. The van der Waals surface area contributed by atoms with Crippen LogP contribution >= 0.6 is 27.3 Å². The van der Waals surface area contributed by atoms with Crippen LogP contribution < -0.4 is 10.2 Å². The SMILES string of the molecule is CC(C)CNC(=O)CN(C)c1nc(Br)cs1. The van der Waals surface area contributed by atoms with E-state index in [2.05, 4.69) is 40.1 Å². The third-order valence-electron chi connectivity index (χ3n) is 1.88. The highest BCUT2D eigenvalue weighted by Crippen LogP contribution is 2.22. The molecule has 4 nitrogen and oxygen atoms in total. The van der Waals surface area contributed by atoms with Crippen molar-refractivity contribution in [2.24, 2.45) is 5.92 Å². The van der Waals surface area contributed by atoms with Crippen LogP contribution in [0.3, 0.4) is 0 Å². The summed E-state index contributed by atoms with van der Waals surface area (Å²) in [5.74, 6) is 0.505. The largest absolute Gasteiger partial charge is 0.354 e. The van der Waals surface area contributed by atoms with Gasteiger partial charge in [-0.15, -0.1) is 11.3 Å². The van der Waals surface area contributed by atoms with Gasteiger partial charge in [-0.25, -0.2) is 4.98 Å². The minimum absolute atomic E-state index is 0.0301. The van der Waals surface area contributed by atoms with Crippen molar-refractivity contribution in [3.8, 4) is 0 Å². The molecule has 0 radical (unpaired) electrons. The first-order valence-corrected chi connectivity index (χ1v) is 6.75. The maximum Gasteiger partial charge on any atom is 0.239 e. The quantitative estimate of drug-likeness (QED) is 0.906. The Hall–Kier alpha value is -0.620. The number of hydrogen-bond donors (Lipinski definition) is 1. The highest BCUT2D eigenvalue weighted by Gasteiger charge is 2.10. The third kappa shape index (κ3) is 4.49. The van der Waals surface area contributed by atoms with E-state index in [0.717, 1.165) is 9.73 Å². The molecule has 1 N–H and O–H groups in total. The molecular weight excluding hydrogens is 290 g/mol. The minimum atomic E-state index is 0.0301. The average Bonchev–Trinajstić information content (AvgIpc) is 2.62. The van der Waals surface area contributed by atoms with E-state index in [4.69, 9.17) is 0 Å². The van der Waals surface area contributed by atoms with Gasteiger partial charge >= 0.3 is 0 Å². The molecule has 6 heteroatoms. The van der Waals surface area contributed by atoms with Gasteiger partial charge in [0, 0.05) is 19.0 Å². The first kappa shape index (κ1) is 13.4. The standard InChI is InChI=1S/C10H16BrN3OS/c1-7(2)4-12-9(15)5-14(3)10-13-8(11)6-16-10/h6-7H,4-5H2,1-3H3,(H,12,15). The Kier molecular flexibility index (Phi) is 5.21. The molecular formula is C10H16BrN3OS. The fourth-order valence-electron chi connectivity index (χ4n) is 1.08. The van der Waals surface area contributed by atoms with Crippen LogP contribution in [-0.2, 0) is 4.79 Å². The number of nitrogens with zero attached hydrogens (tertiary/aromatic N) is 2. The molecule has 0 atom stereocenters. The normalized spacial score (nSPS) is 10.6. The van der Waals surface area contributed by atoms with Gasteiger partial charge in [-0.3, -0.25) is 4.79 Å². The third-order valence-corrected chi connectivity index (χ3v) is 3.54. The van der Waals surface area contributed by atoms with Crippen molar-refractivity contribution in [1.29, 1.82) is 0 Å². The van der Waals surface area contributed by atoms with Crippen molar-refractivity contribution in [2.75, 3.05) is 25.0 Å². The predicted octanol–water partition coefficient (Wildman–Crippen LogP) is 2.11. The highest BCUT2D eigenvalue weighted by molar-refractivity contribution is 9.10. The van der Waals surface area contributed by atoms with Crippen LogP contribution in [0, 0.1) is 5.92 Å². The lowest BCUT2D eigenvalue weighted by Crippen LogP contribution is -2.36. The van der Waals surface area contributed by atoms with E-state index in [1.165, 1.54) is 11.3 Å². The summed E-state index contributed by atoms with van der Waals surface area (Å²) in [5.41, 5.74) is 0. The summed E-state index contributed by atoms with van der Waals surface area (Å²) in [6.45, 7) is 5.20. The van der Waals surface area contributed by atoms with Crippen LogP contribution in [0.4, 0.5) is 5.13 Å². The van der Waals surface area contributed by atoms with Crippen molar-refractivity contribution >= 4 is 38.3 Å². The van der Waals surface area contributed by atoms with Gasteiger partial charge in [0.2, 0.25) is 5.91 Å². The lowest BCUT2D eigenvalue weighted by Gasteiger charge is -2.15. The Bertz CT molecular complexity index is 354. The zero-order valence-electron chi connectivity index (χ0n) is 9.66. The highest BCUT2D eigenvalue weighted by atomic mass is 79.9. The summed E-state index contributed by atoms with van der Waals surface area (Å²) in [4.78, 5) is 17.6. The van der Waals surface area contributed by atoms with Crippen LogP contribution in [0.25, 0.3) is 0 Å². The number of carbonyl (C=O) groups is 1. The van der Waals surface area contributed by atoms with Crippen molar-refractivity contribution < 1.29 is 4.79 Å². The maximum atomic E-state index is 11.6. The molecule has 0 bridgehead atoms. The van der Waals surface area contributed by atoms with Crippen LogP contribution in [0.1, 0.15) is 13.8 Å². The number of halogens is 1. The zero-order valence-corrected chi connectivity index (χ0v) is 12.1. The first-order valence-electron chi connectivity index (χ1n) is 5.08. The van der Waals surface area contributed by atoms with Crippen molar-refractivity contribution in [3.63, 3.8) is 0 Å². The maximum absolute atomic E-state index is 11.6. The Labute approximate surface area is 108 Å². The molecule has 1 aromatic rings. The number of likely N-dealkylation sites (N-methyl/N-ethyl adjacent to an activating group) is 1. The molecule has 0 aliphatic heterocycles. The Morgan fingerprint density at radius 1 is 1.69 bits per heavy atom. The summed E-state index contributed by atoms with van der Waals surface area (Å²) in [5, 5.41) is 5.61. The molecule has 90 valence electrons. The lowest BCUT2D eigenvalue weighted by atomic mass is 10.2. The van der Waals surface area contributed by atoms with E-state index in [9.17, 15) is 4.79 Å². The van der Waals surface area contributed by atoms with Crippen LogP contribution in [0.5, 0.6) is 0 Å². The molecule has 1 heterocycles. The van der Waals surface area contributed by atoms with Crippen LogP contribution in [0.15, 0.2) is 9.98 Å². The predicted molar refractivity (Wildman–Crippen MR) is 70.9 cm³/mol. The van der Waals surface area contributed by atoms with Gasteiger partial charge < -0.3 is 10.2 Å². The summed E-state index contributed by atoms with van der Waals surface area (Å²) in [6.07, 6.45) is 0. The topological polar surface area (TPSA) is 45.2 Å². The van der Waals surface area contributed by atoms with Crippen LogP contribution in [-0.4, -0.2) is 31.0 Å². The molecule has 0 unspecified atom stereocenters. The van der Waals surface area contributed by atoms with Gasteiger partial charge in [0.05, 0.1) is 6.54 Å². The molecule has 1 amide bonds. The first-order chi connectivity index (χ1) is 7.49. The number of hydrogen-bond acceptors (Lipinski definition) is 4. The van der Waals surface area contributed by atoms with E-state index < -0.39 is 0 Å². The number of aromatic nitrogens is 1. The Morgan fingerprint density at radius 2 is 2.38 bits per heavy atom. The molecule has 0 fully saturated rings. The number of rotatable bonds is 5. The molecule has 0 aromatic carbocycles. The van der Waals surface area contributed by atoms with Gasteiger partial charge in [0.25, 0.3) is 0 Å². The van der Waals surface area contributed by atoms with E-state index in [1.54, 1.807) is 0 Å². The molecule has 1 rings (SSSR count). The molecule has 0 aliphatic rings. The van der Waals surface area contributed by atoms with E-state index in [0.29, 0.717) is 19.0 Å².